The van der Waals surface area contributed by atoms with Crippen LogP contribution in [0.2, 0.25) is 0 Å². The number of hydrogen-bond acceptors (Lipinski definition) is 6. The molecule has 0 spiro atoms. The SMILES string of the molecule is COc1ccc(CNc2nncc(Nc3c(C(C)C)cccc3C(C)C)n2)cc1. The molecule has 3 aromatic rings. The standard InChI is InChI=1S/C23H29N5O/c1-15(2)19-7-6-8-20(16(3)4)22(19)26-21-14-25-28-23(27-21)24-13-17-9-11-18(29-5)12-10-17/h6-12,14-16H,13H2,1-5H3,(H2,24,26,27,28). The van der Waals surface area contributed by atoms with Crippen LogP contribution in [-0.4, -0.2) is 22.3 Å². The molecule has 1 aromatic heterocycles. The molecule has 3 rings (SSSR count). The van der Waals surface area contributed by atoms with Crippen LogP contribution in [0, 0.1) is 0 Å². The number of hydrogen-bond donors (Lipinski definition) is 2. The zero-order valence-corrected chi connectivity index (χ0v) is 17.7. The molecule has 6 nitrogen and oxygen atoms in total. The Morgan fingerprint density at radius 3 is 2.17 bits per heavy atom. The van der Waals surface area contributed by atoms with Crippen LogP contribution in [0.3, 0.4) is 0 Å². The summed E-state index contributed by atoms with van der Waals surface area (Å²) in [6.45, 7) is 9.40. The van der Waals surface area contributed by atoms with Gasteiger partial charge in [-0.25, -0.2) is 0 Å². The van der Waals surface area contributed by atoms with E-state index in [2.05, 4.69) is 71.7 Å². The van der Waals surface area contributed by atoms with Gasteiger partial charge in [0.25, 0.3) is 0 Å². The van der Waals surface area contributed by atoms with Gasteiger partial charge in [0.05, 0.1) is 13.3 Å². The fraction of sp³-hybridized carbons (Fsp3) is 0.348. The van der Waals surface area contributed by atoms with Gasteiger partial charge in [-0.1, -0.05) is 58.0 Å². The fourth-order valence-electron chi connectivity index (χ4n) is 3.19. The monoisotopic (exact) mass is 391 g/mol. The van der Waals surface area contributed by atoms with Crippen molar-refractivity contribution in [3.05, 3.63) is 65.4 Å². The molecule has 0 saturated heterocycles. The van der Waals surface area contributed by atoms with Crippen LogP contribution in [0.4, 0.5) is 17.5 Å². The average Bonchev–Trinajstić information content (AvgIpc) is 2.72. The number of anilines is 3. The maximum atomic E-state index is 5.19. The summed E-state index contributed by atoms with van der Waals surface area (Å²) in [5, 5.41) is 14.9. The maximum absolute atomic E-state index is 5.19. The predicted octanol–water partition coefficient (Wildman–Crippen LogP) is 5.48. The lowest BCUT2D eigenvalue weighted by Gasteiger charge is -2.20. The zero-order valence-electron chi connectivity index (χ0n) is 17.7. The third-order valence-electron chi connectivity index (χ3n) is 4.79. The molecule has 152 valence electrons. The molecule has 1 heterocycles. The van der Waals surface area contributed by atoms with E-state index in [1.165, 1.54) is 11.1 Å². The van der Waals surface area contributed by atoms with Crippen molar-refractivity contribution in [1.82, 2.24) is 15.2 Å². The van der Waals surface area contributed by atoms with E-state index < -0.39 is 0 Å². The molecule has 2 N–H and O–H groups in total. The van der Waals surface area contributed by atoms with Gasteiger partial charge in [-0.05, 0) is 40.7 Å². The first-order valence-corrected chi connectivity index (χ1v) is 9.94. The maximum Gasteiger partial charge on any atom is 0.244 e. The van der Waals surface area contributed by atoms with Crippen LogP contribution in [0.1, 0.15) is 56.2 Å². The fourth-order valence-corrected chi connectivity index (χ4v) is 3.19. The van der Waals surface area contributed by atoms with E-state index in [1.54, 1.807) is 13.3 Å². The lowest BCUT2D eigenvalue weighted by atomic mass is 9.92. The summed E-state index contributed by atoms with van der Waals surface area (Å²) in [7, 11) is 1.66. The van der Waals surface area contributed by atoms with E-state index >= 15 is 0 Å². The Balaban J connectivity index is 1.78. The van der Waals surface area contributed by atoms with Crippen molar-refractivity contribution in [1.29, 1.82) is 0 Å². The Morgan fingerprint density at radius 2 is 1.59 bits per heavy atom. The largest absolute Gasteiger partial charge is 0.497 e. The number of aromatic nitrogens is 3. The summed E-state index contributed by atoms with van der Waals surface area (Å²) in [6, 6.07) is 14.3. The van der Waals surface area contributed by atoms with E-state index in [4.69, 9.17) is 4.74 Å². The molecule has 2 aromatic carbocycles. The van der Waals surface area contributed by atoms with Gasteiger partial charge in [0.15, 0.2) is 5.82 Å². The third-order valence-corrected chi connectivity index (χ3v) is 4.79. The molecule has 0 amide bonds. The highest BCUT2D eigenvalue weighted by Gasteiger charge is 2.14. The van der Waals surface area contributed by atoms with Gasteiger partial charge < -0.3 is 15.4 Å². The van der Waals surface area contributed by atoms with Crippen LogP contribution >= 0.6 is 0 Å². The van der Waals surface area contributed by atoms with Crippen molar-refractivity contribution in [2.45, 2.75) is 46.1 Å². The Bertz CT molecular complexity index is 912. The van der Waals surface area contributed by atoms with E-state index in [-0.39, 0.29) is 0 Å². The second-order valence-electron chi connectivity index (χ2n) is 7.61. The highest BCUT2D eigenvalue weighted by Crippen LogP contribution is 2.34. The molecular weight excluding hydrogens is 362 g/mol. The summed E-state index contributed by atoms with van der Waals surface area (Å²) in [6.07, 6.45) is 1.65. The van der Waals surface area contributed by atoms with Crippen molar-refractivity contribution >= 4 is 17.5 Å². The van der Waals surface area contributed by atoms with Crippen LogP contribution in [0.5, 0.6) is 5.75 Å². The van der Waals surface area contributed by atoms with Crippen LogP contribution in [-0.2, 0) is 6.54 Å². The summed E-state index contributed by atoms with van der Waals surface area (Å²) in [4.78, 5) is 4.60. The number of benzene rings is 2. The molecule has 0 aliphatic carbocycles. The first kappa shape index (κ1) is 20.6. The quantitative estimate of drug-likeness (QED) is 0.529. The minimum absolute atomic E-state index is 0.402. The van der Waals surface area contributed by atoms with Gasteiger partial charge >= 0.3 is 0 Å². The molecule has 0 bridgehead atoms. The highest BCUT2D eigenvalue weighted by molar-refractivity contribution is 5.66. The summed E-state index contributed by atoms with van der Waals surface area (Å²) in [5.41, 5.74) is 4.75. The number of rotatable bonds is 8. The number of nitrogens with one attached hydrogen (secondary N) is 2. The summed E-state index contributed by atoms with van der Waals surface area (Å²) < 4.78 is 5.19. The molecule has 0 radical (unpaired) electrons. The summed E-state index contributed by atoms with van der Waals surface area (Å²) in [5.74, 6) is 2.80. The van der Waals surface area contributed by atoms with Crippen molar-refractivity contribution in [2.75, 3.05) is 17.7 Å². The third kappa shape index (κ3) is 5.22. The Hall–Kier alpha value is -3.15. The minimum Gasteiger partial charge on any atom is -0.497 e. The van der Waals surface area contributed by atoms with E-state index in [9.17, 15) is 0 Å². The second kappa shape index (κ2) is 9.37. The van der Waals surface area contributed by atoms with Crippen LogP contribution in [0.15, 0.2) is 48.7 Å². The average molecular weight is 392 g/mol. The van der Waals surface area contributed by atoms with Gasteiger partial charge in [-0.3, -0.25) is 0 Å². The number of nitrogens with zero attached hydrogens (tertiary/aromatic N) is 3. The van der Waals surface area contributed by atoms with Gasteiger partial charge in [0, 0.05) is 12.2 Å². The number of para-hydroxylation sites is 1. The molecule has 29 heavy (non-hydrogen) atoms. The minimum atomic E-state index is 0.402. The molecular formula is C23H29N5O. The topological polar surface area (TPSA) is 72.0 Å². The second-order valence-corrected chi connectivity index (χ2v) is 7.61. The van der Waals surface area contributed by atoms with Crippen molar-refractivity contribution < 1.29 is 4.74 Å². The van der Waals surface area contributed by atoms with E-state index in [0.29, 0.717) is 30.1 Å². The molecule has 6 heteroatoms. The van der Waals surface area contributed by atoms with Gasteiger partial charge in [-0.15, -0.1) is 5.10 Å². The first-order valence-electron chi connectivity index (χ1n) is 9.94. The smallest absolute Gasteiger partial charge is 0.244 e. The first-order chi connectivity index (χ1) is 14.0. The van der Waals surface area contributed by atoms with Crippen LogP contribution in [0.25, 0.3) is 0 Å². The van der Waals surface area contributed by atoms with Crippen LogP contribution < -0.4 is 15.4 Å². The Kier molecular flexibility index (Phi) is 6.65. The lowest BCUT2D eigenvalue weighted by molar-refractivity contribution is 0.414. The molecule has 0 aliphatic heterocycles. The van der Waals surface area contributed by atoms with Crippen molar-refractivity contribution in [2.24, 2.45) is 0 Å². The number of methoxy groups -OCH3 is 1. The molecule has 0 saturated carbocycles. The lowest BCUT2D eigenvalue weighted by Crippen LogP contribution is -2.08. The molecule has 0 atom stereocenters. The van der Waals surface area contributed by atoms with Crippen molar-refractivity contribution in [3.8, 4) is 5.75 Å². The van der Waals surface area contributed by atoms with Gasteiger partial charge in [0.2, 0.25) is 5.95 Å². The Morgan fingerprint density at radius 1 is 0.931 bits per heavy atom. The van der Waals surface area contributed by atoms with E-state index in [1.807, 2.05) is 24.3 Å². The predicted molar refractivity (Wildman–Crippen MR) is 118 cm³/mol. The van der Waals surface area contributed by atoms with E-state index in [0.717, 1.165) is 17.0 Å². The molecule has 0 fully saturated rings. The Labute approximate surface area is 172 Å². The van der Waals surface area contributed by atoms with Gasteiger partial charge in [-0.2, -0.15) is 10.1 Å². The number of ether oxygens (including phenoxy) is 1. The van der Waals surface area contributed by atoms with Crippen molar-refractivity contribution in [3.63, 3.8) is 0 Å². The molecule has 0 unspecified atom stereocenters. The highest BCUT2D eigenvalue weighted by atomic mass is 16.5. The summed E-state index contributed by atoms with van der Waals surface area (Å²) >= 11 is 0. The molecule has 0 aliphatic rings. The zero-order chi connectivity index (χ0) is 20.8. The normalized spacial score (nSPS) is 11.0. The van der Waals surface area contributed by atoms with Gasteiger partial charge in [0.1, 0.15) is 5.75 Å².